The molecule has 156 valence electrons. The van der Waals surface area contributed by atoms with Crippen LogP contribution in [0.1, 0.15) is 56.4 Å². The number of amides is 1. The van der Waals surface area contributed by atoms with Crippen molar-refractivity contribution in [3.05, 3.63) is 41.5 Å². The van der Waals surface area contributed by atoms with E-state index in [1.54, 1.807) is 18.2 Å². The minimum Gasteiger partial charge on any atom is -0.441 e. The van der Waals surface area contributed by atoms with E-state index in [0.717, 1.165) is 50.2 Å². The third kappa shape index (κ3) is 4.86. The van der Waals surface area contributed by atoms with Crippen molar-refractivity contribution in [1.82, 2.24) is 15.2 Å². The molecule has 2 heterocycles. The lowest BCUT2D eigenvalue weighted by Gasteiger charge is -2.32. The Labute approximate surface area is 171 Å². The molecule has 0 bridgehead atoms. The summed E-state index contributed by atoms with van der Waals surface area (Å²) in [5, 5.41) is 3.27. The second-order valence-corrected chi connectivity index (χ2v) is 8.40. The van der Waals surface area contributed by atoms with Crippen molar-refractivity contribution in [2.24, 2.45) is 5.92 Å². The van der Waals surface area contributed by atoms with Crippen molar-refractivity contribution in [2.75, 3.05) is 13.1 Å². The normalized spacial score (nSPS) is 19.4. The highest BCUT2D eigenvalue weighted by atomic mass is 19.1. The lowest BCUT2D eigenvalue weighted by atomic mass is 9.92. The molecule has 1 aliphatic heterocycles. The predicted molar refractivity (Wildman–Crippen MR) is 110 cm³/mol. The Hall–Kier alpha value is -2.21. The zero-order chi connectivity index (χ0) is 20.2. The minimum atomic E-state index is -0.329. The molecule has 1 aromatic carbocycles. The Bertz CT molecular complexity index is 836. The number of carbonyl (C=O) groups is 1. The molecule has 2 aliphatic rings. The van der Waals surface area contributed by atoms with E-state index in [4.69, 9.17) is 4.42 Å². The van der Waals surface area contributed by atoms with Crippen LogP contribution in [-0.4, -0.2) is 34.9 Å². The van der Waals surface area contributed by atoms with Crippen LogP contribution in [0.4, 0.5) is 4.39 Å². The van der Waals surface area contributed by atoms with E-state index < -0.39 is 0 Å². The molecular weight excluding hydrogens is 369 g/mol. The third-order valence-corrected chi connectivity index (χ3v) is 6.28. The van der Waals surface area contributed by atoms with Crippen molar-refractivity contribution in [1.29, 1.82) is 0 Å². The van der Waals surface area contributed by atoms with Crippen LogP contribution in [0.25, 0.3) is 11.5 Å². The van der Waals surface area contributed by atoms with E-state index in [2.05, 4.69) is 15.2 Å². The number of carbonyl (C=O) groups excluding carboxylic acids is 1. The van der Waals surface area contributed by atoms with Gasteiger partial charge in [-0.2, -0.15) is 0 Å². The fraction of sp³-hybridized carbons (Fsp3) is 0.565. The fourth-order valence-corrected chi connectivity index (χ4v) is 4.46. The molecule has 0 spiro atoms. The summed E-state index contributed by atoms with van der Waals surface area (Å²) in [6, 6.07) is 6.91. The number of benzene rings is 1. The molecule has 1 amide bonds. The number of halogens is 1. The lowest BCUT2D eigenvalue weighted by molar-refractivity contribution is -0.127. The highest BCUT2D eigenvalue weighted by Crippen LogP contribution is 2.26. The van der Waals surface area contributed by atoms with Crippen LogP contribution in [0.15, 0.2) is 28.7 Å². The Kier molecular flexibility index (Phi) is 6.28. The molecule has 1 aliphatic carbocycles. The van der Waals surface area contributed by atoms with E-state index in [1.165, 1.54) is 25.3 Å². The standard InChI is InChI=1S/C23H30FN3O2/c1-16-21(26-23(29-16)19-9-5-6-10-20(19)24)15-27-13-11-17(12-14-27)22(28)25-18-7-3-2-4-8-18/h5-6,9-10,17-18H,2-4,7-8,11-15H2,1H3,(H,25,28). The maximum Gasteiger partial charge on any atom is 0.229 e. The van der Waals surface area contributed by atoms with Gasteiger partial charge in [0.15, 0.2) is 0 Å². The highest BCUT2D eigenvalue weighted by Gasteiger charge is 2.28. The number of nitrogens with zero attached hydrogens (tertiary/aromatic N) is 2. The van der Waals surface area contributed by atoms with Crippen LogP contribution in [0.2, 0.25) is 0 Å². The van der Waals surface area contributed by atoms with Crippen LogP contribution in [0.5, 0.6) is 0 Å². The van der Waals surface area contributed by atoms with Gasteiger partial charge >= 0.3 is 0 Å². The number of nitrogens with one attached hydrogen (secondary N) is 1. The van der Waals surface area contributed by atoms with Gasteiger partial charge in [-0.05, 0) is 57.8 Å². The molecule has 5 nitrogen and oxygen atoms in total. The number of aryl methyl sites for hydroxylation is 1. The SMILES string of the molecule is Cc1oc(-c2ccccc2F)nc1CN1CCC(C(=O)NC2CCCCC2)CC1. The van der Waals surface area contributed by atoms with Gasteiger partial charge < -0.3 is 9.73 Å². The van der Waals surface area contributed by atoms with Crippen molar-refractivity contribution >= 4 is 5.91 Å². The zero-order valence-corrected chi connectivity index (χ0v) is 17.1. The second kappa shape index (κ2) is 9.08. The summed E-state index contributed by atoms with van der Waals surface area (Å²) < 4.78 is 19.7. The fourth-order valence-electron chi connectivity index (χ4n) is 4.46. The van der Waals surface area contributed by atoms with Gasteiger partial charge in [-0.25, -0.2) is 9.37 Å². The van der Waals surface area contributed by atoms with Crippen LogP contribution >= 0.6 is 0 Å². The number of piperidine rings is 1. The number of hydrogen-bond donors (Lipinski definition) is 1. The van der Waals surface area contributed by atoms with Crippen molar-refractivity contribution in [3.63, 3.8) is 0 Å². The molecule has 1 N–H and O–H groups in total. The van der Waals surface area contributed by atoms with Gasteiger partial charge in [0.25, 0.3) is 0 Å². The molecule has 0 atom stereocenters. The second-order valence-electron chi connectivity index (χ2n) is 8.40. The van der Waals surface area contributed by atoms with Gasteiger partial charge in [-0.1, -0.05) is 31.4 Å². The van der Waals surface area contributed by atoms with Crippen molar-refractivity contribution < 1.29 is 13.6 Å². The Balaban J connectivity index is 1.31. The first-order valence-corrected chi connectivity index (χ1v) is 10.8. The topological polar surface area (TPSA) is 58.4 Å². The number of rotatable bonds is 5. The minimum absolute atomic E-state index is 0.112. The van der Waals surface area contributed by atoms with Crippen LogP contribution in [0.3, 0.4) is 0 Å². The lowest BCUT2D eigenvalue weighted by Crippen LogP contribution is -2.44. The van der Waals surface area contributed by atoms with Crippen LogP contribution in [0, 0.1) is 18.7 Å². The van der Waals surface area contributed by atoms with E-state index in [1.807, 2.05) is 6.92 Å². The quantitative estimate of drug-likeness (QED) is 0.807. The highest BCUT2D eigenvalue weighted by molar-refractivity contribution is 5.79. The molecule has 29 heavy (non-hydrogen) atoms. The first-order valence-electron chi connectivity index (χ1n) is 10.8. The molecule has 1 saturated carbocycles. The van der Waals surface area contributed by atoms with E-state index >= 15 is 0 Å². The van der Waals surface area contributed by atoms with Crippen molar-refractivity contribution in [2.45, 2.75) is 64.5 Å². The van der Waals surface area contributed by atoms with E-state index in [-0.39, 0.29) is 17.6 Å². The molecule has 0 radical (unpaired) electrons. The summed E-state index contributed by atoms with van der Waals surface area (Å²) in [5.74, 6) is 1.07. The van der Waals surface area contributed by atoms with Crippen molar-refractivity contribution in [3.8, 4) is 11.5 Å². The molecule has 4 rings (SSSR count). The van der Waals surface area contributed by atoms with E-state index in [0.29, 0.717) is 24.0 Å². The van der Waals surface area contributed by atoms with Crippen LogP contribution < -0.4 is 5.32 Å². The Morgan fingerprint density at radius 2 is 1.90 bits per heavy atom. The molecule has 2 aromatic rings. The first-order chi connectivity index (χ1) is 14.1. The molecule has 2 fully saturated rings. The van der Waals surface area contributed by atoms with Gasteiger partial charge in [0.2, 0.25) is 11.8 Å². The molecule has 6 heteroatoms. The van der Waals surface area contributed by atoms with Gasteiger partial charge in [0.05, 0.1) is 11.3 Å². The number of aromatic nitrogens is 1. The van der Waals surface area contributed by atoms with Gasteiger partial charge in [-0.15, -0.1) is 0 Å². The van der Waals surface area contributed by atoms with Crippen LogP contribution in [-0.2, 0) is 11.3 Å². The number of oxazole rings is 1. The average molecular weight is 400 g/mol. The molecule has 1 saturated heterocycles. The Morgan fingerprint density at radius 1 is 1.17 bits per heavy atom. The van der Waals surface area contributed by atoms with Gasteiger partial charge in [0.1, 0.15) is 11.6 Å². The molecule has 0 unspecified atom stereocenters. The van der Waals surface area contributed by atoms with Gasteiger partial charge in [0, 0.05) is 18.5 Å². The third-order valence-electron chi connectivity index (χ3n) is 6.28. The smallest absolute Gasteiger partial charge is 0.229 e. The first kappa shape index (κ1) is 20.1. The summed E-state index contributed by atoms with van der Waals surface area (Å²) in [6.45, 7) is 4.27. The maximum absolute atomic E-state index is 14.0. The summed E-state index contributed by atoms with van der Waals surface area (Å²) in [7, 11) is 0. The van der Waals surface area contributed by atoms with Gasteiger partial charge in [-0.3, -0.25) is 9.69 Å². The largest absolute Gasteiger partial charge is 0.441 e. The zero-order valence-electron chi connectivity index (χ0n) is 17.1. The number of hydrogen-bond acceptors (Lipinski definition) is 4. The summed E-state index contributed by atoms with van der Waals surface area (Å²) in [6.07, 6.45) is 7.75. The average Bonchev–Trinajstić information content (AvgIpc) is 3.09. The predicted octanol–water partition coefficient (Wildman–Crippen LogP) is 4.45. The summed E-state index contributed by atoms with van der Waals surface area (Å²) in [5.41, 5.74) is 1.23. The maximum atomic E-state index is 14.0. The van der Waals surface area contributed by atoms with E-state index in [9.17, 15) is 9.18 Å². The monoisotopic (exact) mass is 399 g/mol. The summed E-state index contributed by atoms with van der Waals surface area (Å²) in [4.78, 5) is 19.4. The Morgan fingerprint density at radius 3 is 2.62 bits per heavy atom. The molecule has 1 aromatic heterocycles. The number of likely N-dealkylation sites (tertiary alicyclic amines) is 1. The summed E-state index contributed by atoms with van der Waals surface area (Å²) >= 11 is 0. The molecular formula is C23H30FN3O2.